The van der Waals surface area contributed by atoms with E-state index in [4.69, 9.17) is 4.74 Å². The molecule has 116 valence electrons. The first-order valence-electron chi connectivity index (χ1n) is 7.76. The molecular weight excluding hydrogens is 274 g/mol. The van der Waals surface area contributed by atoms with Crippen LogP contribution in [0.3, 0.4) is 0 Å². The van der Waals surface area contributed by atoms with Crippen LogP contribution in [0, 0.1) is 0 Å². The van der Waals surface area contributed by atoms with Gasteiger partial charge in [0.1, 0.15) is 6.10 Å². The van der Waals surface area contributed by atoms with E-state index in [9.17, 15) is 4.79 Å². The zero-order chi connectivity index (χ0) is 15.6. The fraction of sp³-hybridized carbons (Fsp3) is 0.316. The maximum Gasteiger partial charge on any atom is 0.249 e. The molecule has 3 heteroatoms. The zero-order valence-corrected chi connectivity index (χ0v) is 13.0. The first-order chi connectivity index (χ1) is 10.8. The zero-order valence-electron chi connectivity index (χ0n) is 13.0. The smallest absolute Gasteiger partial charge is 0.249 e. The van der Waals surface area contributed by atoms with Crippen LogP contribution in [0.2, 0.25) is 0 Å². The van der Waals surface area contributed by atoms with Crippen molar-refractivity contribution < 1.29 is 9.53 Å². The van der Waals surface area contributed by atoms with E-state index >= 15 is 0 Å². The number of benzene rings is 2. The van der Waals surface area contributed by atoms with E-state index in [1.807, 2.05) is 55.5 Å². The van der Waals surface area contributed by atoms with Gasteiger partial charge in [0.15, 0.2) is 0 Å². The summed E-state index contributed by atoms with van der Waals surface area (Å²) in [6.07, 6.45) is 1.12. The van der Waals surface area contributed by atoms with Gasteiger partial charge in [-0.05, 0) is 24.0 Å². The van der Waals surface area contributed by atoms with Gasteiger partial charge in [-0.2, -0.15) is 0 Å². The maximum absolute atomic E-state index is 12.2. The summed E-state index contributed by atoms with van der Waals surface area (Å²) < 4.78 is 5.73. The number of carbonyl (C=O) groups excluding carboxylic acids is 1. The summed E-state index contributed by atoms with van der Waals surface area (Å²) in [5.41, 5.74) is 2.32. The van der Waals surface area contributed by atoms with Crippen LogP contribution in [0.25, 0.3) is 0 Å². The molecule has 0 aromatic heterocycles. The number of carbonyl (C=O) groups is 1. The lowest BCUT2D eigenvalue weighted by atomic mass is 10.1. The lowest BCUT2D eigenvalue weighted by molar-refractivity contribution is -0.133. The minimum absolute atomic E-state index is 0.0422. The lowest BCUT2D eigenvalue weighted by Gasteiger charge is -2.16. The quantitative estimate of drug-likeness (QED) is 0.811. The van der Waals surface area contributed by atoms with Crippen molar-refractivity contribution in [1.82, 2.24) is 5.32 Å². The van der Waals surface area contributed by atoms with Crippen molar-refractivity contribution in [2.45, 2.75) is 32.4 Å². The van der Waals surface area contributed by atoms with Gasteiger partial charge in [0.05, 0.1) is 6.61 Å². The second-order valence-electron chi connectivity index (χ2n) is 5.21. The molecule has 1 unspecified atom stereocenters. The van der Waals surface area contributed by atoms with Gasteiger partial charge in [-0.1, -0.05) is 67.6 Å². The summed E-state index contributed by atoms with van der Waals surface area (Å²) in [6.45, 7) is 3.06. The van der Waals surface area contributed by atoms with Crippen molar-refractivity contribution in [3.8, 4) is 0 Å². The van der Waals surface area contributed by atoms with Crippen LogP contribution >= 0.6 is 0 Å². The molecule has 0 heterocycles. The second-order valence-corrected chi connectivity index (χ2v) is 5.21. The Morgan fingerprint density at radius 2 is 1.59 bits per heavy atom. The van der Waals surface area contributed by atoms with Gasteiger partial charge in [-0.3, -0.25) is 4.79 Å². The third-order valence-corrected chi connectivity index (χ3v) is 3.53. The van der Waals surface area contributed by atoms with Crippen molar-refractivity contribution in [1.29, 1.82) is 0 Å². The first-order valence-corrected chi connectivity index (χ1v) is 7.76. The SMILES string of the molecule is CCC(OCCc1ccccc1)C(=O)NCc1ccccc1. The van der Waals surface area contributed by atoms with E-state index in [0.717, 1.165) is 12.0 Å². The lowest BCUT2D eigenvalue weighted by Crippen LogP contribution is -2.36. The molecule has 0 aliphatic carbocycles. The molecule has 0 aliphatic heterocycles. The number of rotatable bonds is 8. The third-order valence-electron chi connectivity index (χ3n) is 3.53. The summed E-state index contributed by atoms with van der Waals surface area (Å²) >= 11 is 0. The first kappa shape index (κ1) is 16.2. The van der Waals surface area contributed by atoms with Gasteiger partial charge in [0.25, 0.3) is 0 Å². The molecule has 22 heavy (non-hydrogen) atoms. The van der Waals surface area contributed by atoms with Gasteiger partial charge in [0.2, 0.25) is 5.91 Å². The standard InChI is InChI=1S/C19H23NO2/c1-2-18(22-14-13-16-9-5-3-6-10-16)19(21)20-15-17-11-7-4-8-12-17/h3-12,18H,2,13-15H2,1H3,(H,20,21). The van der Waals surface area contributed by atoms with Crippen molar-refractivity contribution in [3.05, 3.63) is 71.8 Å². The molecule has 2 rings (SSSR count). The Hall–Kier alpha value is -2.13. The molecule has 0 saturated carbocycles. The van der Waals surface area contributed by atoms with Gasteiger partial charge in [-0.25, -0.2) is 0 Å². The van der Waals surface area contributed by atoms with Crippen molar-refractivity contribution in [2.75, 3.05) is 6.61 Å². The summed E-state index contributed by atoms with van der Waals surface area (Å²) in [7, 11) is 0. The molecule has 0 aliphatic rings. The maximum atomic E-state index is 12.2. The average molecular weight is 297 g/mol. The average Bonchev–Trinajstić information content (AvgIpc) is 2.58. The fourth-order valence-corrected chi connectivity index (χ4v) is 2.24. The number of ether oxygens (including phenoxy) is 1. The predicted octanol–water partition coefficient (Wildman–Crippen LogP) is 3.34. The van der Waals surface area contributed by atoms with Crippen molar-refractivity contribution in [2.24, 2.45) is 0 Å². The van der Waals surface area contributed by atoms with E-state index in [1.165, 1.54) is 5.56 Å². The van der Waals surface area contributed by atoms with E-state index in [2.05, 4.69) is 17.4 Å². The van der Waals surface area contributed by atoms with E-state index in [0.29, 0.717) is 19.6 Å². The molecule has 0 spiro atoms. The Labute approximate surface area is 132 Å². The molecule has 0 fully saturated rings. The highest BCUT2D eigenvalue weighted by molar-refractivity contribution is 5.80. The summed E-state index contributed by atoms with van der Waals surface area (Å²) in [5, 5.41) is 2.93. The van der Waals surface area contributed by atoms with Gasteiger partial charge in [-0.15, -0.1) is 0 Å². The Bertz CT molecular complexity index is 554. The summed E-state index contributed by atoms with van der Waals surface area (Å²) in [4.78, 5) is 12.2. The van der Waals surface area contributed by atoms with Crippen molar-refractivity contribution in [3.63, 3.8) is 0 Å². The number of amides is 1. The molecule has 3 nitrogen and oxygen atoms in total. The van der Waals surface area contributed by atoms with Crippen LogP contribution in [-0.4, -0.2) is 18.6 Å². The van der Waals surface area contributed by atoms with Gasteiger partial charge >= 0.3 is 0 Å². The molecule has 1 amide bonds. The van der Waals surface area contributed by atoms with Crippen LogP contribution in [0.15, 0.2) is 60.7 Å². The minimum Gasteiger partial charge on any atom is -0.368 e. The number of nitrogens with one attached hydrogen (secondary N) is 1. The molecule has 2 aromatic rings. The topological polar surface area (TPSA) is 38.3 Å². The van der Waals surface area contributed by atoms with Crippen molar-refractivity contribution >= 4 is 5.91 Å². The van der Waals surface area contributed by atoms with E-state index in [-0.39, 0.29) is 12.0 Å². The highest BCUT2D eigenvalue weighted by Crippen LogP contribution is 2.04. The Kier molecular flexibility index (Phi) is 6.65. The third kappa shape index (κ3) is 5.34. The molecule has 0 saturated heterocycles. The fourth-order valence-electron chi connectivity index (χ4n) is 2.24. The normalized spacial score (nSPS) is 11.9. The van der Waals surface area contributed by atoms with Crippen LogP contribution in [0.5, 0.6) is 0 Å². The van der Waals surface area contributed by atoms with Crippen LogP contribution < -0.4 is 5.32 Å². The van der Waals surface area contributed by atoms with E-state index < -0.39 is 0 Å². The Morgan fingerprint density at radius 3 is 2.18 bits per heavy atom. The van der Waals surface area contributed by atoms with E-state index in [1.54, 1.807) is 0 Å². The highest BCUT2D eigenvalue weighted by Gasteiger charge is 2.16. The van der Waals surface area contributed by atoms with Gasteiger partial charge in [0, 0.05) is 6.54 Å². The molecular formula is C19H23NO2. The monoisotopic (exact) mass is 297 g/mol. The second kappa shape index (κ2) is 9.00. The Morgan fingerprint density at radius 1 is 1.00 bits per heavy atom. The van der Waals surface area contributed by atoms with Crippen LogP contribution in [0.4, 0.5) is 0 Å². The molecule has 0 radical (unpaired) electrons. The predicted molar refractivity (Wildman–Crippen MR) is 88.5 cm³/mol. The minimum atomic E-state index is -0.382. The summed E-state index contributed by atoms with van der Waals surface area (Å²) in [5.74, 6) is -0.0422. The molecule has 1 N–H and O–H groups in total. The van der Waals surface area contributed by atoms with Crippen LogP contribution in [0.1, 0.15) is 24.5 Å². The number of hydrogen-bond donors (Lipinski definition) is 1. The molecule has 0 bridgehead atoms. The molecule has 1 atom stereocenters. The largest absolute Gasteiger partial charge is 0.368 e. The Balaban J connectivity index is 1.74. The summed E-state index contributed by atoms with van der Waals surface area (Å²) in [6, 6.07) is 20.1. The van der Waals surface area contributed by atoms with Gasteiger partial charge < -0.3 is 10.1 Å². The number of hydrogen-bond acceptors (Lipinski definition) is 2. The molecule has 2 aromatic carbocycles. The highest BCUT2D eigenvalue weighted by atomic mass is 16.5. The van der Waals surface area contributed by atoms with Crippen LogP contribution in [-0.2, 0) is 22.5 Å².